The maximum atomic E-state index is 11.7. The quantitative estimate of drug-likeness (QED) is 0.637. The van der Waals surface area contributed by atoms with E-state index in [1.807, 2.05) is 0 Å². The van der Waals surface area contributed by atoms with Crippen molar-refractivity contribution in [2.24, 2.45) is 5.73 Å². The molecule has 7 heteroatoms. The standard InChI is InChI=1S/C10H10ClN3O3/c11-7-2-1-3-8(14(16)17)10(7)13-5-6(12)4-9(13)15/h1-3,6H,4-5,12H2. The summed E-state index contributed by atoms with van der Waals surface area (Å²) in [4.78, 5) is 23.3. The van der Waals surface area contributed by atoms with Crippen molar-refractivity contribution in [3.8, 4) is 0 Å². The van der Waals surface area contributed by atoms with Crippen molar-refractivity contribution in [2.45, 2.75) is 12.5 Å². The maximum absolute atomic E-state index is 11.7. The van der Waals surface area contributed by atoms with Gasteiger partial charge in [0.25, 0.3) is 5.69 Å². The molecule has 1 aliphatic heterocycles. The molecule has 1 unspecified atom stereocenters. The molecular formula is C10H10ClN3O3. The van der Waals surface area contributed by atoms with Gasteiger partial charge in [0.05, 0.1) is 9.95 Å². The largest absolute Gasteiger partial charge is 0.326 e. The fraction of sp³-hybridized carbons (Fsp3) is 0.300. The van der Waals surface area contributed by atoms with Crippen molar-refractivity contribution in [3.05, 3.63) is 33.3 Å². The summed E-state index contributed by atoms with van der Waals surface area (Å²) < 4.78 is 0. The number of benzene rings is 1. The van der Waals surface area contributed by atoms with Crippen LogP contribution in [-0.4, -0.2) is 23.4 Å². The maximum Gasteiger partial charge on any atom is 0.294 e. The van der Waals surface area contributed by atoms with Crippen molar-refractivity contribution in [1.82, 2.24) is 0 Å². The smallest absolute Gasteiger partial charge is 0.294 e. The van der Waals surface area contributed by atoms with E-state index in [4.69, 9.17) is 17.3 Å². The zero-order chi connectivity index (χ0) is 12.6. The number of carbonyl (C=O) groups is 1. The third-order valence-corrected chi connectivity index (χ3v) is 2.89. The van der Waals surface area contributed by atoms with Crippen LogP contribution in [0.25, 0.3) is 0 Å². The summed E-state index contributed by atoms with van der Waals surface area (Å²) in [5, 5.41) is 11.1. The zero-order valence-corrected chi connectivity index (χ0v) is 9.55. The van der Waals surface area contributed by atoms with Gasteiger partial charge in [-0.15, -0.1) is 0 Å². The van der Waals surface area contributed by atoms with Gasteiger partial charge in [-0.1, -0.05) is 17.7 Å². The average Bonchev–Trinajstić information content (AvgIpc) is 2.57. The highest BCUT2D eigenvalue weighted by molar-refractivity contribution is 6.34. The van der Waals surface area contributed by atoms with Crippen LogP contribution in [0, 0.1) is 10.1 Å². The van der Waals surface area contributed by atoms with Gasteiger partial charge in [-0.05, 0) is 6.07 Å². The fourth-order valence-corrected chi connectivity index (χ4v) is 2.14. The van der Waals surface area contributed by atoms with Crippen molar-refractivity contribution >= 4 is 28.9 Å². The molecule has 0 radical (unpaired) electrons. The van der Waals surface area contributed by atoms with Gasteiger partial charge in [0.15, 0.2) is 0 Å². The Morgan fingerprint density at radius 1 is 1.53 bits per heavy atom. The van der Waals surface area contributed by atoms with Gasteiger partial charge in [-0.3, -0.25) is 14.9 Å². The van der Waals surface area contributed by atoms with Crippen LogP contribution in [0.3, 0.4) is 0 Å². The molecule has 1 aliphatic rings. The number of nitro benzene ring substituents is 1. The van der Waals surface area contributed by atoms with Crippen LogP contribution >= 0.6 is 11.6 Å². The second kappa shape index (κ2) is 4.31. The molecule has 0 aromatic heterocycles. The number of para-hydroxylation sites is 1. The van der Waals surface area contributed by atoms with Gasteiger partial charge in [0.2, 0.25) is 5.91 Å². The Kier molecular flexibility index (Phi) is 2.99. The summed E-state index contributed by atoms with van der Waals surface area (Å²) in [5.41, 5.74) is 5.61. The lowest BCUT2D eigenvalue weighted by Crippen LogP contribution is -2.28. The lowest BCUT2D eigenvalue weighted by Gasteiger charge is -2.17. The van der Waals surface area contributed by atoms with Gasteiger partial charge in [-0.25, -0.2) is 0 Å². The summed E-state index contributed by atoms with van der Waals surface area (Å²) >= 11 is 5.93. The Bertz CT molecular complexity index is 492. The molecule has 90 valence electrons. The molecule has 1 heterocycles. The van der Waals surface area contributed by atoms with Crippen LogP contribution in [0.15, 0.2) is 18.2 Å². The number of carbonyl (C=O) groups excluding carboxylic acids is 1. The number of nitro groups is 1. The Hall–Kier alpha value is -1.66. The van der Waals surface area contributed by atoms with Crippen molar-refractivity contribution in [3.63, 3.8) is 0 Å². The lowest BCUT2D eigenvalue weighted by atomic mass is 10.2. The zero-order valence-electron chi connectivity index (χ0n) is 8.80. The lowest BCUT2D eigenvalue weighted by molar-refractivity contribution is -0.384. The molecule has 1 aromatic carbocycles. The van der Waals surface area contributed by atoms with Gasteiger partial charge in [0.1, 0.15) is 5.69 Å². The van der Waals surface area contributed by atoms with Crippen LogP contribution < -0.4 is 10.6 Å². The molecule has 0 aliphatic carbocycles. The highest BCUT2D eigenvalue weighted by atomic mass is 35.5. The number of hydrogen-bond donors (Lipinski definition) is 1. The molecule has 1 aromatic rings. The number of hydrogen-bond acceptors (Lipinski definition) is 4. The molecule has 17 heavy (non-hydrogen) atoms. The molecule has 1 atom stereocenters. The number of halogens is 1. The first-order valence-electron chi connectivity index (χ1n) is 4.99. The minimum absolute atomic E-state index is 0.136. The highest BCUT2D eigenvalue weighted by Gasteiger charge is 2.33. The van der Waals surface area contributed by atoms with E-state index in [0.717, 1.165) is 0 Å². The Morgan fingerprint density at radius 2 is 2.24 bits per heavy atom. The second-order valence-electron chi connectivity index (χ2n) is 3.83. The molecule has 1 amide bonds. The minimum Gasteiger partial charge on any atom is -0.326 e. The first-order chi connectivity index (χ1) is 8.00. The monoisotopic (exact) mass is 255 g/mol. The molecular weight excluding hydrogens is 246 g/mol. The predicted octanol–water partition coefficient (Wildman–Crippen LogP) is 1.31. The summed E-state index contributed by atoms with van der Waals surface area (Å²) in [6, 6.07) is 4.00. The van der Waals surface area contributed by atoms with Crippen LogP contribution in [0.2, 0.25) is 5.02 Å². The SMILES string of the molecule is NC1CC(=O)N(c2c(Cl)cccc2[N+](=O)[O-])C1. The number of nitrogens with two attached hydrogens (primary N) is 1. The van der Waals surface area contributed by atoms with Crippen molar-refractivity contribution < 1.29 is 9.72 Å². The summed E-state index contributed by atoms with van der Waals surface area (Å²) in [6.07, 6.45) is 0.183. The van der Waals surface area contributed by atoms with E-state index in [9.17, 15) is 14.9 Å². The Labute approximate surface area is 102 Å². The second-order valence-corrected chi connectivity index (χ2v) is 4.24. The average molecular weight is 256 g/mol. The van der Waals surface area contributed by atoms with Gasteiger partial charge >= 0.3 is 0 Å². The van der Waals surface area contributed by atoms with E-state index in [0.29, 0.717) is 0 Å². The summed E-state index contributed by atoms with van der Waals surface area (Å²) in [6.45, 7) is 0.253. The van der Waals surface area contributed by atoms with E-state index in [1.165, 1.54) is 23.1 Å². The summed E-state index contributed by atoms with van der Waals surface area (Å²) in [7, 11) is 0. The minimum atomic E-state index is -0.557. The van der Waals surface area contributed by atoms with E-state index in [2.05, 4.69) is 0 Å². The van der Waals surface area contributed by atoms with E-state index < -0.39 is 4.92 Å². The third-order valence-electron chi connectivity index (χ3n) is 2.59. The molecule has 1 fully saturated rings. The fourth-order valence-electron chi connectivity index (χ4n) is 1.87. The molecule has 2 N–H and O–H groups in total. The van der Waals surface area contributed by atoms with Crippen LogP contribution in [0.5, 0.6) is 0 Å². The van der Waals surface area contributed by atoms with Crippen molar-refractivity contribution in [1.29, 1.82) is 0 Å². The molecule has 0 bridgehead atoms. The number of anilines is 1. The number of nitrogens with zero attached hydrogens (tertiary/aromatic N) is 2. The predicted molar refractivity (Wildman–Crippen MR) is 63.1 cm³/mol. The normalized spacial score (nSPS) is 19.8. The Balaban J connectivity index is 2.51. The first-order valence-corrected chi connectivity index (χ1v) is 5.37. The van der Waals surface area contributed by atoms with E-state index in [1.54, 1.807) is 0 Å². The van der Waals surface area contributed by atoms with E-state index >= 15 is 0 Å². The molecule has 2 rings (SSSR count). The Morgan fingerprint density at radius 3 is 2.76 bits per heavy atom. The first kappa shape index (κ1) is 11.8. The molecule has 6 nitrogen and oxygen atoms in total. The topological polar surface area (TPSA) is 89.5 Å². The van der Waals surface area contributed by atoms with E-state index in [-0.39, 0.29) is 41.3 Å². The van der Waals surface area contributed by atoms with Gasteiger partial charge < -0.3 is 10.6 Å². The summed E-state index contributed by atoms with van der Waals surface area (Å²) in [5.74, 6) is -0.242. The van der Waals surface area contributed by atoms with Crippen molar-refractivity contribution in [2.75, 3.05) is 11.4 Å². The number of amides is 1. The molecule has 0 saturated carbocycles. The van der Waals surface area contributed by atoms with Crippen LogP contribution in [0.1, 0.15) is 6.42 Å². The van der Waals surface area contributed by atoms with Gasteiger partial charge in [0, 0.05) is 25.1 Å². The van der Waals surface area contributed by atoms with Gasteiger partial charge in [-0.2, -0.15) is 0 Å². The van der Waals surface area contributed by atoms with Crippen LogP contribution in [-0.2, 0) is 4.79 Å². The van der Waals surface area contributed by atoms with Crippen LogP contribution in [0.4, 0.5) is 11.4 Å². The molecule has 0 spiro atoms. The number of rotatable bonds is 2. The third kappa shape index (κ3) is 2.09. The molecule has 1 saturated heterocycles. The highest BCUT2D eigenvalue weighted by Crippen LogP contribution is 2.37.